The highest BCUT2D eigenvalue weighted by Crippen LogP contribution is 2.53. The number of hydrogen-bond donors (Lipinski definition) is 1. The summed E-state index contributed by atoms with van der Waals surface area (Å²) in [7, 11) is -2.39. The number of carboxylic acids is 1. The van der Waals surface area contributed by atoms with Crippen molar-refractivity contribution >= 4 is 16.8 Å². The summed E-state index contributed by atoms with van der Waals surface area (Å²) < 4.78 is 123. The van der Waals surface area contributed by atoms with Crippen molar-refractivity contribution in [1.82, 2.24) is 0 Å². The first-order valence-corrected chi connectivity index (χ1v) is 6.82. The number of rotatable bonds is 8. The molecule has 13 heteroatoms. The minimum atomic E-state index is -6.98. The average Bonchev–Trinajstić information content (AvgIpc) is 2.32. The Morgan fingerprint density at radius 3 is 1.68 bits per heavy atom. The minimum absolute atomic E-state index is 0.730. The summed E-state index contributed by atoms with van der Waals surface area (Å²) in [4.78, 5) is 10.1. The van der Waals surface area contributed by atoms with Crippen LogP contribution in [-0.4, -0.2) is 50.7 Å². The molecule has 0 radical (unpaired) electrons. The molecule has 0 fully saturated rings. The lowest BCUT2D eigenvalue weighted by molar-refractivity contribution is -0.396. The first-order valence-electron chi connectivity index (χ1n) is 5.33. The van der Waals surface area contributed by atoms with Gasteiger partial charge >= 0.3 is 29.9 Å². The first-order chi connectivity index (χ1) is 9.56. The smallest absolute Gasteiger partial charge is 0.460 e. The van der Waals surface area contributed by atoms with Gasteiger partial charge in [0.05, 0.1) is 6.42 Å². The second-order valence-electron chi connectivity index (χ2n) is 4.09. The van der Waals surface area contributed by atoms with Crippen molar-refractivity contribution in [2.75, 3.05) is 11.5 Å². The summed E-state index contributed by atoms with van der Waals surface area (Å²) in [5, 5.41) is 8.19. The number of aliphatic carboxylic acids is 1. The van der Waals surface area contributed by atoms with E-state index < -0.39 is 65.1 Å². The average molecular weight is 368 g/mol. The van der Waals surface area contributed by atoms with Gasteiger partial charge in [-0.2, -0.15) is 39.5 Å². The van der Waals surface area contributed by atoms with E-state index >= 15 is 0 Å². The molecule has 22 heavy (non-hydrogen) atoms. The van der Waals surface area contributed by atoms with Crippen molar-refractivity contribution in [2.24, 2.45) is 0 Å². The molecule has 132 valence electrons. The summed E-state index contributed by atoms with van der Waals surface area (Å²) in [5.41, 5.74) is 0. The van der Waals surface area contributed by atoms with Crippen molar-refractivity contribution in [3.05, 3.63) is 0 Å². The van der Waals surface area contributed by atoms with E-state index in [1.807, 2.05) is 0 Å². The van der Waals surface area contributed by atoms with Gasteiger partial charge in [0.25, 0.3) is 0 Å². The first kappa shape index (κ1) is 21.0. The molecule has 1 unspecified atom stereocenters. The summed E-state index contributed by atoms with van der Waals surface area (Å²) in [6, 6.07) is 0. The number of alkyl halides is 9. The molecule has 0 aliphatic carbocycles. The van der Waals surface area contributed by atoms with Gasteiger partial charge in [0, 0.05) is 28.7 Å². The van der Waals surface area contributed by atoms with E-state index in [-0.39, 0.29) is 0 Å². The van der Waals surface area contributed by atoms with Crippen LogP contribution in [0.25, 0.3) is 0 Å². The Bertz CT molecular complexity index is 433. The summed E-state index contributed by atoms with van der Waals surface area (Å²) in [6.07, 6.45) is -9.90. The monoisotopic (exact) mass is 368 g/mol. The van der Waals surface area contributed by atoms with E-state index in [9.17, 15) is 48.5 Å². The van der Waals surface area contributed by atoms with Crippen LogP contribution in [0.4, 0.5) is 39.5 Å². The second-order valence-corrected chi connectivity index (χ2v) is 5.79. The van der Waals surface area contributed by atoms with Gasteiger partial charge in [0.15, 0.2) is 0 Å². The van der Waals surface area contributed by atoms with Gasteiger partial charge in [-0.3, -0.25) is 9.00 Å². The molecular formula is C9H9F9O3S. The zero-order chi connectivity index (χ0) is 18.0. The molecule has 0 aliphatic rings. The van der Waals surface area contributed by atoms with E-state index in [0.29, 0.717) is 0 Å². The van der Waals surface area contributed by atoms with Gasteiger partial charge in [-0.05, 0) is 0 Å². The highest BCUT2D eigenvalue weighted by atomic mass is 32.2. The fourth-order valence-electron chi connectivity index (χ4n) is 1.11. The topological polar surface area (TPSA) is 54.4 Å². The Labute approximate surface area is 119 Å². The van der Waals surface area contributed by atoms with Crippen LogP contribution < -0.4 is 0 Å². The van der Waals surface area contributed by atoms with Gasteiger partial charge in [-0.15, -0.1) is 0 Å². The Balaban J connectivity index is 4.99. The maximum Gasteiger partial charge on any atom is 0.460 e. The Morgan fingerprint density at radius 2 is 1.32 bits per heavy atom. The standard InChI is InChI=1S/C9H9F9O3S/c10-6(11,2-4-22(21)3-1-5(19)20)7(12,13)8(14,15)9(16,17)18/h1-4H2,(H,19,20). The molecule has 0 aromatic rings. The second kappa shape index (κ2) is 6.62. The normalized spacial score (nSPS) is 15.7. The van der Waals surface area contributed by atoms with Crippen LogP contribution in [0.2, 0.25) is 0 Å². The fraction of sp³-hybridized carbons (Fsp3) is 0.889. The van der Waals surface area contributed by atoms with Gasteiger partial charge in [0.2, 0.25) is 0 Å². The molecule has 3 nitrogen and oxygen atoms in total. The molecule has 0 saturated carbocycles. The van der Waals surface area contributed by atoms with Gasteiger partial charge < -0.3 is 5.11 Å². The van der Waals surface area contributed by atoms with Crippen molar-refractivity contribution in [1.29, 1.82) is 0 Å². The van der Waals surface area contributed by atoms with Crippen LogP contribution in [-0.2, 0) is 15.6 Å². The van der Waals surface area contributed by atoms with Crippen molar-refractivity contribution in [3.63, 3.8) is 0 Å². The SMILES string of the molecule is O=C(O)CCS(=O)CCC(F)(F)C(F)(F)C(F)(F)C(F)(F)F. The molecule has 0 aromatic heterocycles. The lowest BCUT2D eigenvalue weighted by Crippen LogP contribution is -2.61. The molecular weight excluding hydrogens is 359 g/mol. The molecule has 0 aromatic carbocycles. The molecule has 0 rings (SSSR count). The molecule has 0 amide bonds. The van der Waals surface area contributed by atoms with E-state index in [1.165, 1.54) is 0 Å². The minimum Gasteiger partial charge on any atom is -0.481 e. The van der Waals surface area contributed by atoms with Crippen LogP contribution in [0.3, 0.4) is 0 Å². The molecule has 1 atom stereocenters. The Kier molecular flexibility index (Phi) is 6.32. The molecule has 0 saturated heterocycles. The van der Waals surface area contributed by atoms with E-state index in [2.05, 4.69) is 0 Å². The largest absolute Gasteiger partial charge is 0.481 e. The zero-order valence-electron chi connectivity index (χ0n) is 10.4. The van der Waals surface area contributed by atoms with E-state index in [1.54, 1.807) is 0 Å². The molecule has 0 bridgehead atoms. The number of carboxylic acid groups (broad SMARTS) is 1. The van der Waals surface area contributed by atoms with E-state index in [0.717, 1.165) is 0 Å². The van der Waals surface area contributed by atoms with Crippen molar-refractivity contribution < 1.29 is 53.6 Å². The summed E-state index contributed by atoms with van der Waals surface area (Å²) >= 11 is 0. The predicted octanol–water partition coefficient (Wildman–Crippen LogP) is 3.07. The lowest BCUT2D eigenvalue weighted by Gasteiger charge is -2.33. The number of halogens is 9. The van der Waals surface area contributed by atoms with Crippen LogP contribution in [0.1, 0.15) is 12.8 Å². The van der Waals surface area contributed by atoms with Crippen molar-refractivity contribution in [3.8, 4) is 0 Å². The third-order valence-electron chi connectivity index (χ3n) is 2.40. The molecule has 0 spiro atoms. The third-order valence-corrected chi connectivity index (χ3v) is 3.72. The van der Waals surface area contributed by atoms with Crippen LogP contribution in [0.15, 0.2) is 0 Å². The van der Waals surface area contributed by atoms with Gasteiger partial charge in [0.1, 0.15) is 0 Å². The maximum absolute atomic E-state index is 13.0. The van der Waals surface area contributed by atoms with Gasteiger partial charge in [-0.1, -0.05) is 0 Å². The predicted molar refractivity (Wildman–Crippen MR) is 55.6 cm³/mol. The van der Waals surface area contributed by atoms with Gasteiger partial charge in [-0.25, -0.2) is 0 Å². The fourth-order valence-corrected chi connectivity index (χ4v) is 2.20. The Hall–Kier alpha value is -1.01. The summed E-state index contributed by atoms with van der Waals surface area (Å²) in [5.74, 6) is -23.1. The number of hydrogen-bond acceptors (Lipinski definition) is 2. The molecule has 0 aliphatic heterocycles. The van der Waals surface area contributed by atoms with Crippen LogP contribution >= 0.6 is 0 Å². The third kappa shape index (κ3) is 4.49. The summed E-state index contributed by atoms with van der Waals surface area (Å²) in [6.45, 7) is 0. The van der Waals surface area contributed by atoms with E-state index in [4.69, 9.17) is 5.11 Å². The molecule has 0 heterocycles. The Morgan fingerprint density at radius 1 is 0.864 bits per heavy atom. The quantitative estimate of drug-likeness (QED) is 0.670. The maximum atomic E-state index is 13.0. The highest BCUT2D eigenvalue weighted by molar-refractivity contribution is 7.84. The molecule has 1 N–H and O–H groups in total. The van der Waals surface area contributed by atoms with Crippen LogP contribution in [0.5, 0.6) is 0 Å². The lowest BCUT2D eigenvalue weighted by atomic mass is 10.0. The van der Waals surface area contributed by atoms with Crippen molar-refractivity contribution in [2.45, 2.75) is 36.8 Å². The highest BCUT2D eigenvalue weighted by Gasteiger charge is 2.81. The number of carbonyl (C=O) groups is 1. The van der Waals surface area contributed by atoms with Crippen LogP contribution in [0, 0.1) is 0 Å². The zero-order valence-corrected chi connectivity index (χ0v) is 11.2.